The van der Waals surface area contributed by atoms with E-state index in [1.807, 2.05) is 6.92 Å². The average molecular weight is 309 g/mol. The molecule has 0 aliphatic heterocycles. The predicted octanol–water partition coefficient (Wildman–Crippen LogP) is 3.71. The van der Waals surface area contributed by atoms with Gasteiger partial charge in [0.25, 0.3) is 5.91 Å². The first-order valence-electron chi connectivity index (χ1n) is 7.30. The highest BCUT2D eigenvalue weighted by molar-refractivity contribution is 6.30. The summed E-state index contributed by atoms with van der Waals surface area (Å²) >= 11 is 5.88. The maximum Gasteiger partial charge on any atom is 0.277 e. The topological polar surface area (TPSA) is 50.7 Å². The van der Waals surface area contributed by atoms with E-state index in [1.54, 1.807) is 18.2 Å². The number of benzene rings is 1. The van der Waals surface area contributed by atoms with Crippen molar-refractivity contribution in [3.05, 3.63) is 28.8 Å². The lowest BCUT2D eigenvalue weighted by molar-refractivity contribution is -0.123. The molecule has 114 valence electrons. The van der Waals surface area contributed by atoms with Gasteiger partial charge in [-0.05, 0) is 55.9 Å². The zero-order valence-electron chi connectivity index (χ0n) is 12.5. The largest absolute Gasteiger partial charge is 0.483 e. The SMILES string of the molecule is Cc1cc(Cl)ccc1OCC(=O)N/N=C1/CCCC[C@H]1C. The van der Waals surface area contributed by atoms with Crippen LogP contribution in [0.1, 0.15) is 38.2 Å². The third-order valence-corrected chi connectivity index (χ3v) is 3.94. The third kappa shape index (κ3) is 4.74. The van der Waals surface area contributed by atoms with Crippen LogP contribution in [0, 0.1) is 12.8 Å². The first kappa shape index (κ1) is 15.8. The van der Waals surface area contributed by atoms with Gasteiger partial charge in [-0.1, -0.05) is 24.9 Å². The molecule has 0 saturated heterocycles. The van der Waals surface area contributed by atoms with Crippen LogP contribution in [0.25, 0.3) is 0 Å². The van der Waals surface area contributed by atoms with Crippen LogP contribution in [-0.2, 0) is 4.79 Å². The minimum Gasteiger partial charge on any atom is -0.483 e. The normalized spacial score (nSPS) is 20.3. The first-order chi connectivity index (χ1) is 10.1. The molecule has 0 radical (unpaired) electrons. The quantitative estimate of drug-likeness (QED) is 0.862. The number of carbonyl (C=O) groups is 1. The fourth-order valence-electron chi connectivity index (χ4n) is 2.42. The van der Waals surface area contributed by atoms with Crippen molar-refractivity contribution in [3.8, 4) is 5.75 Å². The van der Waals surface area contributed by atoms with Crippen LogP contribution in [0.3, 0.4) is 0 Å². The van der Waals surface area contributed by atoms with Gasteiger partial charge in [-0.3, -0.25) is 4.79 Å². The molecule has 0 bridgehead atoms. The Labute approximate surface area is 130 Å². The van der Waals surface area contributed by atoms with Crippen molar-refractivity contribution in [2.24, 2.45) is 11.0 Å². The van der Waals surface area contributed by atoms with Gasteiger partial charge >= 0.3 is 0 Å². The van der Waals surface area contributed by atoms with E-state index in [2.05, 4.69) is 17.5 Å². The second-order valence-corrected chi connectivity index (χ2v) is 5.92. The second kappa shape index (κ2) is 7.46. The summed E-state index contributed by atoms with van der Waals surface area (Å²) in [6.07, 6.45) is 4.51. The molecule has 4 nitrogen and oxygen atoms in total. The van der Waals surface area contributed by atoms with Gasteiger partial charge in [0.2, 0.25) is 0 Å². The number of hydrogen-bond acceptors (Lipinski definition) is 3. The summed E-state index contributed by atoms with van der Waals surface area (Å²) < 4.78 is 5.48. The molecule has 1 aliphatic carbocycles. The predicted molar refractivity (Wildman–Crippen MR) is 84.9 cm³/mol. The molecule has 0 heterocycles. The van der Waals surface area contributed by atoms with Gasteiger partial charge in [0, 0.05) is 10.7 Å². The minimum atomic E-state index is -0.241. The lowest BCUT2D eigenvalue weighted by Gasteiger charge is -2.19. The molecule has 5 heteroatoms. The van der Waals surface area contributed by atoms with Gasteiger partial charge in [0.1, 0.15) is 5.75 Å². The van der Waals surface area contributed by atoms with Crippen LogP contribution in [0.15, 0.2) is 23.3 Å². The number of nitrogens with one attached hydrogen (secondary N) is 1. The number of rotatable bonds is 4. The average Bonchev–Trinajstić information content (AvgIpc) is 2.45. The number of aryl methyl sites for hydroxylation is 1. The van der Waals surface area contributed by atoms with Crippen molar-refractivity contribution >= 4 is 23.2 Å². The molecule has 1 N–H and O–H groups in total. The maximum absolute atomic E-state index is 11.8. The van der Waals surface area contributed by atoms with Crippen LogP contribution in [0.5, 0.6) is 5.75 Å². The smallest absolute Gasteiger partial charge is 0.277 e. The summed E-state index contributed by atoms with van der Waals surface area (Å²) in [5, 5.41) is 4.88. The van der Waals surface area contributed by atoms with E-state index in [4.69, 9.17) is 16.3 Å². The molecular formula is C16H21ClN2O2. The monoisotopic (exact) mass is 308 g/mol. The number of nitrogens with zero attached hydrogens (tertiary/aromatic N) is 1. The van der Waals surface area contributed by atoms with Crippen molar-refractivity contribution < 1.29 is 9.53 Å². The molecule has 1 aromatic carbocycles. The van der Waals surface area contributed by atoms with E-state index in [0.717, 1.165) is 30.5 Å². The van der Waals surface area contributed by atoms with E-state index in [9.17, 15) is 4.79 Å². The van der Waals surface area contributed by atoms with Gasteiger partial charge in [-0.25, -0.2) is 5.43 Å². The van der Waals surface area contributed by atoms with Crippen LogP contribution in [0.2, 0.25) is 5.02 Å². The lowest BCUT2D eigenvalue weighted by atomic mass is 9.89. The third-order valence-electron chi connectivity index (χ3n) is 3.71. The zero-order chi connectivity index (χ0) is 15.2. The molecule has 1 fully saturated rings. The summed E-state index contributed by atoms with van der Waals surface area (Å²) in [4.78, 5) is 11.8. The summed E-state index contributed by atoms with van der Waals surface area (Å²) in [7, 11) is 0. The fourth-order valence-corrected chi connectivity index (χ4v) is 2.65. The second-order valence-electron chi connectivity index (χ2n) is 5.48. The van der Waals surface area contributed by atoms with Gasteiger partial charge in [-0.15, -0.1) is 0 Å². The molecule has 1 amide bonds. The Kier molecular flexibility index (Phi) is 5.62. The van der Waals surface area contributed by atoms with Crippen LogP contribution in [0.4, 0.5) is 0 Å². The Hall–Kier alpha value is -1.55. The molecule has 2 rings (SSSR count). The standard InChI is InChI=1S/C16H21ClN2O2/c1-11-5-3-4-6-14(11)18-19-16(20)10-21-15-8-7-13(17)9-12(15)2/h7-9,11H,3-6,10H2,1-2H3,(H,19,20)/b18-14-/t11-/m1/s1. The van der Waals surface area contributed by atoms with Crippen molar-refractivity contribution in [1.29, 1.82) is 0 Å². The van der Waals surface area contributed by atoms with Gasteiger partial charge in [-0.2, -0.15) is 5.10 Å². The summed E-state index contributed by atoms with van der Waals surface area (Å²) in [5.41, 5.74) is 4.57. The molecule has 1 aromatic rings. The first-order valence-corrected chi connectivity index (χ1v) is 7.68. The van der Waals surface area contributed by atoms with Gasteiger partial charge in [0.05, 0.1) is 0 Å². The van der Waals surface area contributed by atoms with Crippen LogP contribution >= 0.6 is 11.6 Å². The highest BCUT2D eigenvalue weighted by Gasteiger charge is 2.16. The zero-order valence-corrected chi connectivity index (χ0v) is 13.2. The highest BCUT2D eigenvalue weighted by atomic mass is 35.5. The van der Waals surface area contributed by atoms with E-state index < -0.39 is 0 Å². The molecule has 1 saturated carbocycles. The summed E-state index contributed by atoms with van der Waals surface area (Å²) in [6.45, 7) is 3.99. The molecule has 21 heavy (non-hydrogen) atoms. The van der Waals surface area contributed by atoms with E-state index >= 15 is 0 Å². The van der Waals surface area contributed by atoms with Crippen LogP contribution in [-0.4, -0.2) is 18.2 Å². The lowest BCUT2D eigenvalue weighted by Crippen LogP contribution is -2.28. The van der Waals surface area contributed by atoms with Gasteiger partial charge < -0.3 is 4.74 Å². The number of hydrogen-bond donors (Lipinski definition) is 1. The van der Waals surface area contributed by atoms with E-state index in [-0.39, 0.29) is 12.5 Å². The summed E-state index contributed by atoms with van der Waals surface area (Å²) in [6, 6.07) is 5.31. The maximum atomic E-state index is 11.8. The molecule has 0 aromatic heterocycles. The number of amides is 1. The molecule has 1 aliphatic rings. The van der Waals surface area contributed by atoms with E-state index in [0.29, 0.717) is 16.7 Å². The number of hydrazone groups is 1. The van der Waals surface area contributed by atoms with Crippen molar-refractivity contribution in [1.82, 2.24) is 5.43 Å². The Bertz CT molecular complexity index is 543. The Morgan fingerprint density at radius 3 is 3.00 bits per heavy atom. The summed E-state index contributed by atoms with van der Waals surface area (Å²) in [5.74, 6) is 0.876. The molecule has 0 spiro atoms. The number of halogens is 1. The number of ether oxygens (including phenoxy) is 1. The fraction of sp³-hybridized carbons (Fsp3) is 0.500. The van der Waals surface area contributed by atoms with Crippen molar-refractivity contribution in [3.63, 3.8) is 0 Å². The van der Waals surface area contributed by atoms with Gasteiger partial charge in [0.15, 0.2) is 6.61 Å². The Morgan fingerprint density at radius 2 is 2.29 bits per heavy atom. The van der Waals surface area contributed by atoms with Crippen molar-refractivity contribution in [2.75, 3.05) is 6.61 Å². The highest BCUT2D eigenvalue weighted by Crippen LogP contribution is 2.22. The Balaban J connectivity index is 1.83. The van der Waals surface area contributed by atoms with E-state index in [1.165, 1.54) is 6.42 Å². The van der Waals surface area contributed by atoms with Crippen LogP contribution < -0.4 is 10.2 Å². The molecular weight excluding hydrogens is 288 g/mol. The van der Waals surface area contributed by atoms with Crippen molar-refractivity contribution in [2.45, 2.75) is 39.5 Å². The number of carbonyl (C=O) groups excluding carboxylic acids is 1. The Morgan fingerprint density at radius 1 is 1.48 bits per heavy atom. The molecule has 0 unspecified atom stereocenters. The minimum absolute atomic E-state index is 0.0480. The molecule has 1 atom stereocenters.